The Morgan fingerprint density at radius 3 is 2.29 bits per heavy atom. The Labute approximate surface area is 107 Å². The lowest BCUT2D eigenvalue weighted by Gasteiger charge is -2.25. The molecule has 96 valence electrons. The molecule has 1 aromatic rings. The van der Waals surface area contributed by atoms with Gasteiger partial charge in [0.2, 0.25) is 0 Å². The van der Waals surface area contributed by atoms with E-state index in [1.165, 1.54) is 0 Å². The average Bonchev–Trinajstić information content (AvgIpc) is 2.25. The van der Waals surface area contributed by atoms with Crippen LogP contribution in [-0.2, 0) is 15.7 Å². The molecular formula is C11H17ClNO3P. The van der Waals surface area contributed by atoms with Crippen LogP contribution in [0, 0.1) is 0 Å². The maximum Gasteiger partial charge on any atom is 0.333 e. The van der Waals surface area contributed by atoms with E-state index in [-0.39, 0.29) is 6.61 Å². The van der Waals surface area contributed by atoms with Gasteiger partial charge in [-0.05, 0) is 38.5 Å². The quantitative estimate of drug-likeness (QED) is 0.650. The molecule has 0 bridgehead atoms. The summed E-state index contributed by atoms with van der Waals surface area (Å²) < 4.78 is 16.9. The predicted molar refractivity (Wildman–Crippen MR) is 70.3 cm³/mol. The van der Waals surface area contributed by atoms with Crippen LogP contribution < -0.4 is 4.84 Å². The van der Waals surface area contributed by atoms with Gasteiger partial charge in [0.1, 0.15) is 0 Å². The van der Waals surface area contributed by atoms with Crippen LogP contribution >= 0.6 is 19.4 Å². The van der Waals surface area contributed by atoms with Crippen molar-refractivity contribution in [1.82, 2.24) is 0 Å². The summed E-state index contributed by atoms with van der Waals surface area (Å²) in [5.74, 6) is 0. The Balaban J connectivity index is 2.64. The van der Waals surface area contributed by atoms with Crippen LogP contribution in [0.2, 0.25) is 0 Å². The van der Waals surface area contributed by atoms with E-state index in [1.807, 2.05) is 0 Å². The summed E-state index contributed by atoms with van der Waals surface area (Å²) >= 11 is 5.42. The molecule has 0 saturated carbocycles. The zero-order chi connectivity index (χ0) is 13.1. The first kappa shape index (κ1) is 14.5. The van der Waals surface area contributed by atoms with E-state index in [0.29, 0.717) is 0 Å². The standard InChI is InChI=1S/C11H17ClNO3P/c1-11(2,3)17(14,15)16-8-9-4-6-10(13-12)7-5-9/h4-7,13H,8H2,1-3H3,(H,14,15). The van der Waals surface area contributed by atoms with Crippen LogP contribution in [-0.4, -0.2) is 10.0 Å². The molecule has 0 aliphatic rings. The Hall–Kier alpha value is -0.540. The van der Waals surface area contributed by atoms with Crippen LogP contribution in [0.1, 0.15) is 26.3 Å². The van der Waals surface area contributed by atoms with Gasteiger partial charge < -0.3 is 9.42 Å². The minimum absolute atomic E-state index is 0.105. The monoisotopic (exact) mass is 277 g/mol. The normalized spacial score (nSPS) is 15.4. The first-order valence-electron chi connectivity index (χ1n) is 5.19. The molecule has 0 aliphatic carbocycles. The molecule has 6 heteroatoms. The average molecular weight is 278 g/mol. The minimum atomic E-state index is -3.60. The molecule has 0 aliphatic heterocycles. The summed E-state index contributed by atoms with van der Waals surface area (Å²) in [6.07, 6.45) is 0. The molecule has 0 amide bonds. The molecule has 1 atom stereocenters. The Morgan fingerprint density at radius 2 is 1.88 bits per heavy atom. The summed E-state index contributed by atoms with van der Waals surface area (Å²) in [6.45, 7) is 5.13. The smallest absolute Gasteiger partial charge is 0.324 e. The molecule has 2 N–H and O–H groups in total. The van der Waals surface area contributed by atoms with Gasteiger partial charge in [0.25, 0.3) is 0 Å². The third-order valence-electron chi connectivity index (χ3n) is 2.32. The molecule has 0 saturated heterocycles. The van der Waals surface area contributed by atoms with Gasteiger partial charge in [0.15, 0.2) is 0 Å². The van der Waals surface area contributed by atoms with E-state index in [2.05, 4.69) is 4.84 Å². The molecule has 0 heterocycles. The van der Waals surface area contributed by atoms with Crippen LogP contribution in [0.3, 0.4) is 0 Å². The highest BCUT2D eigenvalue weighted by Gasteiger charge is 2.36. The van der Waals surface area contributed by atoms with E-state index >= 15 is 0 Å². The molecule has 1 aromatic carbocycles. The lowest BCUT2D eigenvalue weighted by molar-refractivity contribution is 0.233. The summed E-state index contributed by atoms with van der Waals surface area (Å²) in [6, 6.07) is 7.11. The molecule has 0 spiro atoms. The van der Waals surface area contributed by atoms with Crippen molar-refractivity contribution in [3.63, 3.8) is 0 Å². The fourth-order valence-corrected chi connectivity index (χ4v) is 1.86. The number of hydrogen-bond donors (Lipinski definition) is 2. The van der Waals surface area contributed by atoms with E-state index in [0.717, 1.165) is 11.3 Å². The summed E-state index contributed by atoms with van der Waals surface area (Å²) in [5, 5.41) is -0.773. The largest absolute Gasteiger partial charge is 0.333 e. The van der Waals surface area contributed by atoms with Gasteiger partial charge in [0.05, 0.1) is 11.8 Å². The summed E-state index contributed by atoms with van der Waals surface area (Å²) in [7, 11) is -3.60. The van der Waals surface area contributed by atoms with Crippen LogP contribution in [0.15, 0.2) is 24.3 Å². The predicted octanol–water partition coefficient (Wildman–Crippen LogP) is 3.75. The van der Waals surface area contributed by atoms with Crippen molar-refractivity contribution in [2.24, 2.45) is 0 Å². The highest BCUT2D eigenvalue weighted by atomic mass is 35.5. The van der Waals surface area contributed by atoms with Crippen molar-refractivity contribution in [2.75, 3.05) is 4.84 Å². The van der Waals surface area contributed by atoms with Gasteiger partial charge in [-0.15, -0.1) is 0 Å². The van der Waals surface area contributed by atoms with Crippen LogP contribution in [0.4, 0.5) is 5.69 Å². The van der Waals surface area contributed by atoms with Gasteiger partial charge in [-0.25, -0.2) is 0 Å². The molecule has 17 heavy (non-hydrogen) atoms. The third-order valence-corrected chi connectivity index (χ3v) is 4.71. The van der Waals surface area contributed by atoms with Crippen molar-refractivity contribution >= 4 is 25.1 Å². The lowest BCUT2D eigenvalue weighted by Crippen LogP contribution is -2.16. The van der Waals surface area contributed by atoms with E-state index in [1.54, 1.807) is 45.0 Å². The Bertz CT molecular complexity index is 414. The topological polar surface area (TPSA) is 58.6 Å². The minimum Gasteiger partial charge on any atom is -0.324 e. The van der Waals surface area contributed by atoms with Gasteiger partial charge in [0, 0.05) is 17.5 Å². The third kappa shape index (κ3) is 4.00. The van der Waals surface area contributed by atoms with Crippen molar-refractivity contribution < 1.29 is 14.0 Å². The molecule has 0 radical (unpaired) electrons. The SMILES string of the molecule is CC(C)(C)P(=O)(O)OCc1ccc(NCl)cc1. The summed E-state index contributed by atoms with van der Waals surface area (Å²) in [4.78, 5) is 12.2. The molecule has 1 rings (SSSR count). The number of anilines is 1. The Morgan fingerprint density at radius 1 is 1.35 bits per heavy atom. The second-order valence-electron chi connectivity index (χ2n) is 4.76. The number of nitrogens with one attached hydrogen (secondary N) is 1. The maximum absolute atomic E-state index is 11.8. The number of hydrogen-bond acceptors (Lipinski definition) is 3. The highest BCUT2D eigenvalue weighted by Crippen LogP contribution is 2.55. The fraction of sp³-hybridized carbons (Fsp3) is 0.455. The van der Waals surface area contributed by atoms with Crippen molar-refractivity contribution in [3.05, 3.63) is 29.8 Å². The zero-order valence-corrected chi connectivity index (χ0v) is 11.8. The van der Waals surface area contributed by atoms with Crippen molar-refractivity contribution in [3.8, 4) is 0 Å². The van der Waals surface area contributed by atoms with Gasteiger partial charge in [-0.1, -0.05) is 12.1 Å². The maximum atomic E-state index is 11.8. The van der Waals surface area contributed by atoms with Crippen LogP contribution in [0.5, 0.6) is 0 Å². The first-order chi connectivity index (χ1) is 7.76. The van der Waals surface area contributed by atoms with E-state index < -0.39 is 12.8 Å². The van der Waals surface area contributed by atoms with Crippen molar-refractivity contribution in [2.45, 2.75) is 32.5 Å². The van der Waals surface area contributed by atoms with Crippen molar-refractivity contribution in [1.29, 1.82) is 0 Å². The second-order valence-corrected chi connectivity index (χ2v) is 7.59. The lowest BCUT2D eigenvalue weighted by atomic mass is 10.2. The van der Waals surface area contributed by atoms with Crippen LogP contribution in [0.25, 0.3) is 0 Å². The molecular weight excluding hydrogens is 261 g/mol. The fourth-order valence-electron chi connectivity index (χ4n) is 1.02. The Kier molecular flexibility index (Phi) is 4.62. The number of rotatable bonds is 4. The summed E-state index contributed by atoms with van der Waals surface area (Å²) in [5.41, 5.74) is 1.58. The second kappa shape index (κ2) is 5.40. The van der Waals surface area contributed by atoms with E-state index in [4.69, 9.17) is 16.3 Å². The molecule has 1 unspecified atom stereocenters. The van der Waals surface area contributed by atoms with E-state index in [9.17, 15) is 9.46 Å². The number of halogens is 1. The zero-order valence-electron chi connectivity index (χ0n) is 10.1. The van der Waals surface area contributed by atoms with Gasteiger partial charge >= 0.3 is 7.60 Å². The molecule has 4 nitrogen and oxygen atoms in total. The first-order valence-corrected chi connectivity index (χ1v) is 7.15. The number of benzene rings is 1. The van der Waals surface area contributed by atoms with Gasteiger partial charge in [-0.3, -0.25) is 9.40 Å². The van der Waals surface area contributed by atoms with Gasteiger partial charge in [-0.2, -0.15) is 0 Å². The molecule has 0 fully saturated rings. The highest BCUT2D eigenvalue weighted by molar-refractivity contribution is 7.54. The molecule has 0 aromatic heterocycles.